The lowest BCUT2D eigenvalue weighted by molar-refractivity contribution is 0.301. The number of hydrogen-bond acceptors (Lipinski definition) is 3. The van der Waals surface area contributed by atoms with Crippen molar-refractivity contribution < 1.29 is 4.74 Å². The van der Waals surface area contributed by atoms with Crippen LogP contribution in [0.2, 0.25) is 0 Å². The lowest BCUT2D eigenvalue weighted by Gasteiger charge is -2.11. The monoisotopic (exact) mass is 312 g/mol. The summed E-state index contributed by atoms with van der Waals surface area (Å²) in [6.07, 6.45) is 2.77. The van der Waals surface area contributed by atoms with Crippen LogP contribution in [0.5, 0.6) is 5.75 Å². The zero-order chi connectivity index (χ0) is 16.5. The number of rotatable bonds is 7. The average Bonchev–Trinajstić information content (AvgIpc) is 2.60. The van der Waals surface area contributed by atoms with Crippen molar-refractivity contribution in [2.24, 2.45) is 10.7 Å². The molecule has 1 unspecified atom stereocenters. The van der Waals surface area contributed by atoms with Gasteiger partial charge in [-0.2, -0.15) is 0 Å². The van der Waals surface area contributed by atoms with Gasteiger partial charge in [0.05, 0.1) is 12.2 Å². The number of aromatic nitrogens is 1. The smallest absolute Gasteiger partial charge is 0.189 e. The highest BCUT2D eigenvalue weighted by molar-refractivity contribution is 5.78. The molecule has 0 amide bonds. The fourth-order valence-corrected chi connectivity index (χ4v) is 1.91. The molecule has 5 nitrogen and oxygen atoms in total. The summed E-state index contributed by atoms with van der Waals surface area (Å²) in [4.78, 5) is 8.57. The molecule has 1 aromatic heterocycles. The van der Waals surface area contributed by atoms with E-state index < -0.39 is 0 Å². The van der Waals surface area contributed by atoms with Crippen molar-refractivity contribution in [3.8, 4) is 5.75 Å². The van der Waals surface area contributed by atoms with Gasteiger partial charge in [-0.1, -0.05) is 25.1 Å². The first kappa shape index (κ1) is 16.8. The van der Waals surface area contributed by atoms with Crippen molar-refractivity contribution in [1.29, 1.82) is 0 Å². The number of nitrogens with two attached hydrogens (primary N) is 1. The molecule has 2 aromatic rings. The molecule has 0 bridgehead atoms. The van der Waals surface area contributed by atoms with Gasteiger partial charge in [-0.05, 0) is 43.2 Å². The molecule has 23 heavy (non-hydrogen) atoms. The Labute approximate surface area is 137 Å². The SMILES string of the molecule is CCC(C)NC(N)=NCc1ccc(OCc2ccccn2)cc1. The standard InChI is InChI=1S/C18H24N4O/c1-3-14(2)22-18(19)21-12-15-7-9-17(10-8-15)23-13-16-6-4-5-11-20-16/h4-11,14H,3,12-13H2,1-2H3,(H3,19,21,22). The molecule has 0 radical (unpaired) electrons. The zero-order valence-electron chi connectivity index (χ0n) is 13.7. The molecule has 0 aliphatic carbocycles. The molecule has 0 spiro atoms. The second-order valence-corrected chi connectivity index (χ2v) is 5.41. The van der Waals surface area contributed by atoms with Crippen LogP contribution in [0, 0.1) is 0 Å². The van der Waals surface area contributed by atoms with E-state index in [2.05, 4.69) is 29.1 Å². The molecular formula is C18H24N4O. The molecule has 0 fully saturated rings. The number of nitrogens with one attached hydrogen (secondary N) is 1. The number of guanidine groups is 1. The minimum absolute atomic E-state index is 0.334. The number of aliphatic imine (C=N–C) groups is 1. The predicted molar refractivity (Wildman–Crippen MR) is 93.2 cm³/mol. The van der Waals surface area contributed by atoms with Gasteiger partial charge in [-0.15, -0.1) is 0 Å². The van der Waals surface area contributed by atoms with Crippen molar-refractivity contribution in [2.45, 2.75) is 39.5 Å². The fraction of sp³-hybridized carbons (Fsp3) is 0.333. The predicted octanol–water partition coefficient (Wildman–Crippen LogP) is 2.86. The Morgan fingerprint density at radius 2 is 2.04 bits per heavy atom. The molecule has 1 heterocycles. The fourth-order valence-electron chi connectivity index (χ4n) is 1.91. The first-order valence-corrected chi connectivity index (χ1v) is 7.85. The lowest BCUT2D eigenvalue weighted by atomic mass is 10.2. The molecule has 2 rings (SSSR count). The highest BCUT2D eigenvalue weighted by Gasteiger charge is 2.00. The average molecular weight is 312 g/mol. The van der Waals surface area contributed by atoms with E-state index in [4.69, 9.17) is 10.5 Å². The Bertz CT molecular complexity index is 611. The largest absolute Gasteiger partial charge is 0.487 e. The number of benzene rings is 1. The van der Waals surface area contributed by atoms with Crippen LogP contribution in [0.15, 0.2) is 53.7 Å². The van der Waals surface area contributed by atoms with Crippen LogP contribution in [0.1, 0.15) is 31.5 Å². The van der Waals surface area contributed by atoms with Gasteiger partial charge in [0.25, 0.3) is 0 Å². The van der Waals surface area contributed by atoms with Gasteiger partial charge in [0.2, 0.25) is 0 Å². The molecular weight excluding hydrogens is 288 g/mol. The Kier molecular flexibility index (Phi) is 6.41. The number of nitrogens with zero attached hydrogens (tertiary/aromatic N) is 2. The van der Waals surface area contributed by atoms with Crippen molar-refractivity contribution in [3.63, 3.8) is 0 Å². The van der Waals surface area contributed by atoms with E-state index in [1.807, 2.05) is 42.5 Å². The van der Waals surface area contributed by atoms with Crippen LogP contribution in [0.25, 0.3) is 0 Å². The quantitative estimate of drug-likeness (QED) is 0.609. The van der Waals surface area contributed by atoms with Gasteiger partial charge in [-0.25, -0.2) is 4.99 Å². The molecule has 0 aliphatic rings. The van der Waals surface area contributed by atoms with Gasteiger partial charge in [0.15, 0.2) is 5.96 Å². The summed E-state index contributed by atoms with van der Waals surface area (Å²) in [6.45, 7) is 5.20. The lowest BCUT2D eigenvalue weighted by Crippen LogP contribution is -2.38. The van der Waals surface area contributed by atoms with Crippen molar-refractivity contribution >= 4 is 5.96 Å². The molecule has 0 saturated carbocycles. The van der Waals surface area contributed by atoms with Gasteiger partial charge in [0, 0.05) is 12.2 Å². The van der Waals surface area contributed by atoms with Crippen LogP contribution in [-0.2, 0) is 13.2 Å². The summed E-state index contributed by atoms with van der Waals surface area (Å²) >= 11 is 0. The molecule has 3 N–H and O–H groups in total. The third-order valence-corrected chi connectivity index (χ3v) is 3.47. The van der Waals surface area contributed by atoms with Crippen LogP contribution < -0.4 is 15.8 Å². The third kappa shape index (κ3) is 5.98. The molecule has 0 saturated heterocycles. The number of ether oxygens (including phenoxy) is 1. The van der Waals surface area contributed by atoms with E-state index in [0.29, 0.717) is 25.2 Å². The Morgan fingerprint density at radius 3 is 2.70 bits per heavy atom. The van der Waals surface area contributed by atoms with E-state index in [1.54, 1.807) is 6.20 Å². The van der Waals surface area contributed by atoms with Crippen molar-refractivity contribution in [3.05, 3.63) is 59.9 Å². The maximum absolute atomic E-state index is 5.85. The summed E-state index contributed by atoms with van der Waals surface area (Å²) in [5.74, 6) is 1.30. The summed E-state index contributed by atoms with van der Waals surface area (Å²) in [6, 6.07) is 14.0. The summed E-state index contributed by atoms with van der Waals surface area (Å²) in [7, 11) is 0. The second-order valence-electron chi connectivity index (χ2n) is 5.41. The Morgan fingerprint density at radius 1 is 1.26 bits per heavy atom. The first-order chi connectivity index (χ1) is 11.2. The molecule has 0 aliphatic heterocycles. The summed E-state index contributed by atoms with van der Waals surface area (Å²) in [5, 5.41) is 3.15. The first-order valence-electron chi connectivity index (χ1n) is 7.85. The van der Waals surface area contributed by atoms with Gasteiger partial charge in [-0.3, -0.25) is 4.98 Å². The minimum Gasteiger partial charge on any atom is -0.487 e. The molecule has 5 heteroatoms. The molecule has 122 valence electrons. The van der Waals surface area contributed by atoms with Crippen LogP contribution in [0.3, 0.4) is 0 Å². The van der Waals surface area contributed by atoms with E-state index in [0.717, 1.165) is 23.4 Å². The summed E-state index contributed by atoms with van der Waals surface area (Å²) < 4.78 is 5.70. The topological polar surface area (TPSA) is 72.5 Å². The highest BCUT2D eigenvalue weighted by atomic mass is 16.5. The van der Waals surface area contributed by atoms with Gasteiger partial charge >= 0.3 is 0 Å². The Hall–Kier alpha value is -2.56. The second kappa shape index (κ2) is 8.78. The number of pyridine rings is 1. The maximum Gasteiger partial charge on any atom is 0.189 e. The van der Waals surface area contributed by atoms with E-state index in [9.17, 15) is 0 Å². The molecule has 1 aromatic carbocycles. The van der Waals surface area contributed by atoms with Crippen LogP contribution >= 0.6 is 0 Å². The van der Waals surface area contributed by atoms with Crippen LogP contribution in [-0.4, -0.2) is 17.0 Å². The van der Waals surface area contributed by atoms with Gasteiger partial charge in [0.1, 0.15) is 12.4 Å². The van der Waals surface area contributed by atoms with Gasteiger partial charge < -0.3 is 15.8 Å². The summed E-state index contributed by atoms with van der Waals surface area (Å²) in [5.41, 5.74) is 7.84. The normalized spacial score (nSPS) is 12.7. The minimum atomic E-state index is 0.334. The van der Waals surface area contributed by atoms with Crippen LogP contribution in [0.4, 0.5) is 0 Å². The number of hydrogen-bond donors (Lipinski definition) is 2. The van der Waals surface area contributed by atoms with E-state index in [1.165, 1.54) is 0 Å². The van der Waals surface area contributed by atoms with Crippen molar-refractivity contribution in [2.75, 3.05) is 0 Å². The van der Waals surface area contributed by atoms with E-state index >= 15 is 0 Å². The highest BCUT2D eigenvalue weighted by Crippen LogP contribution is 2.14. The molecule has 1 atom stereocenters. The third-order valence-electron chi connectivity index (χ3n) is 3.47. The van der Waals surface area contributed by atoms with Crippen molar-refractivity contribution in [1.82, 2.24) is 10.3 Å². The maximum atomic E-state index is 5.85. The zero-order valence-corrected chi connectivity index (χ0v) is 13.7. The Balaban J connectivity index is 1.83. The van der Waals surface area contributed by atoms with E-state index in [-0.39, 0.29) is 0 Å².